The molecular formula is C16H22N2O. The maximum atomic E-state index is 9.20. The largest absolute Gasteiger partial charge is 0.378 e. The van der Waals surface area contributed by atoms with Crippen LogP contribution in [0.3, 0.4) is 0 Å². The highest BCUT2D eigenvalue weighted by atomic mass is 16.5. The molecule has 0 aromatic heterocycles. The molecule has 0 aliphatic heterocycles. The highest BCUT2D eigenvalue weighted by Crippen LogP contribution is 2.22. The topological polar surface area (TPSA) is 45.0 Å². The average Bonchev–Trinajstić information content (AvgIpc) is 3.23. The molecule has 1 atom stereocenters. The third-order valence-electron chi connectivity index (χ3n) is 3.33. The van der Waals surface area contributed by atoms with Gasteiger partial charge in [0.2, 0.25) is 0 Å². The SMILES string of the molecule is CC(C#N)(COCCCc1ccccc1)NC1CC1. The van der Waals surface area contributed by atoms with Gasteiger partial charge in [-0.2, -0.15) is 5.26 Å². The molecule has 1 saturated carbocycles. The van der Waals surface area contributed by atoms with E-state index in [0.29, 0.717) is 19.3 Å². The first-order valence-electron chi connectivity index (χ1n) is 7.02. The molecule has 19 heavy (non-hydrogen) atoms. The van der Waals surface area contributed by atoms with Crippen molar-refractivity contribution in [3.05, 3.63) is 35.9 Å². The number of hydrogen-bond acceptors (Lipinski definition) is 3. The molecule has 0 spiro atoms. The lowest BCUT2D eigenvalue weighted by molar-refractivity contribution is 0.0930. The second kappa shape index (κ2) is 6.70. The number of nitrogens with one attached hydrogen (secondary N) is 1. The predicted molar refractivity (Wildman–Crippen MR) is 75.8 cm³/mol. The molecule has 2 rings (SSSR count). The van der Waals surface area contributed by atoms with Gasteiger partial charge in [0.05, 0.1) is 12.7 Å². The van der Waals surface area contributed by atoms with Crippen LogP contribution in [-0.2, 0) is 11.2 Å². The molecule has 1 aliphatic carbocycles. The van der Waals surface area contributed by atoms with Crippen LogP contribution in [0.4, 0.5) is 0 Å². The van der Waals surface area contributed by atoms with E-state index < -0.39 is 5.54 Å². The predicted octanol–water partition coefficient (Wildman–Crippen LogP) is 2.67. The third kappa shape index (κ3) is 5.02. The van der Waals surface area contributed by atoms with Crippen molar-refractivity contribution in [2.75, 3.05) is 13.2 Å². The minimum absolute atomic E-state index is 0.467. The second-order valence-corrected chi connectivity index (χ2v) is 5.50. The van der Waals surface area contributed by atoms with Crippen LogP contribution in [0, 0.1) is 11.3 Å². The molecule has 1 fully saturated rings. The lowest BCUT2D eigenvalue weighted by atomic mass is 10.1. The molecule has 102 valence electrons. The van der Waals surface area contributed by atoms with E-state index >= 15 is 0 Å². The fourth-order valence-electron chi connectivity index (χ4n) is 2.08. The van der Waals surface area contributed by atoms with Crippen LogP contribution in [0.2, 0.25) is 0 Å². The van der Waals surface area contributed by atoms with Gasteiger partial charge in [-0.05, 0) is 38.2 Å². The average molecular weight is 258 g/mol. The molecule has 0 bridgehead atoms. The fourth-order valence-corrected chi connectivity index (χ4v) is 2.08. The molecule has 0 radical (unpaired) electrons. The summed E-state index contributed by atoms with van der Waals surface area (Å²) in [5, 5.41) is 12.5. The van der Waals surface area contributed by atoms with Gasteiger partial charge in [0.25, 0.3) is 0 Å². The van der Waals surface area contributed by atoms with E-state index in [2.05, 4.69) is 35.7 Å². The van der Waals surface area contributed by atoms with Crippen molar-refractivity contribution in [2.24, 2.45) is 0 Å². The number of benzene rings is 1. The lowest BCUT2D eigenvalue weighted by Crippen LogP contribution is -2.46. The van der Waals surface area contributed by atoms with E-state index in [1.54, 1.807) is 0 Å². The zero-order chi connectivity index (χ0) is 13.6. The lowest BCUT2D eigenvalue weighted by Gasteiger charge is -2.23. The number of hydrogen-bond donors (Lipinski definition) is 1. The fraction of sp³-hybridized carbons (Fsp3) is 0.562. The third-order valence-corrected chi connectivity index (χ3v) is 3.33. The van der Waals surface area contributed by atoms with Gasteiger partial charge in [0.1, 0.15) is 5.54 Å². The molecule has 1 aromatic carbocycles. The van der Waals surface area contributed by atoms with Crippen molar-refractivity contribution in [1.82, 2.24) is 5.32 Å². The Morgan fingerprint density at radius 1 is 1.37 bits per heavy atom. The van der Waals surface area contributed by atoms with Gasteiger partial charge in [0.15, 0.2) is 0 Å². The summed E-state index contributed by atoms with van der Waals surface area (Å²) in [4.78, 5) is 0. The number of rotatable bonds is 8. The molecule has 0 amide bonds. The maximum absolute atomic E-state index is 9.20. The van der Waals surface area contributed by atoms with Gasteiger partial charge in [-0.25, -0.2) is 0 Å². The number of nitriles is 1. The Morgan fingerprint density at radius 3 is 2.74 bits per heavy atom. The van der Waals surface area contributed by atoms with Crippen LogP contribution in [-0.4, -0.2) is 24.8 Å². The number of ether oxygens (including phenoxy) is 1. The van der Waals surface area contributed by atoms with E-state index in [4.69, 9.17) is 4.74 Å². The van der Waals surface area contributed by atoms with Crippen LogP contribution < -0.4 is 5.32 Å². The summed E-state index contributed by atoms with van der Waals surface area (Å²) in [6.07, 6.45) is 4.39. The Bertz CT molecular complexity index is 422. The van der Waals surface area contributed by atoms with Gasteiger partial charge in [0, 0.05) is 12.6 Å². The van der Waals surface area contributed by atoms with Gasteiger partial charge in [-0.1, -0.05) is 30.3 Å². The quantitative estimate of drug-likeness (QED) is 0.729. The van der Waals surface area contributed by atoms with Crippen LogP contribution >= 0.6 is 0 Å². The maximum Gasteiger partial charge on any atom is 0.127 e. The van der Waals surface area contributed by atoms with E-state index in [9.17, 15) is 5.26 Å². The van der Waals surface area contributed by atoms with Crippen molar-refractivity contribution in [3.63, 3.8) is 0 Å². The summed E-state index contributed by atoms with van der Waals surface area (Å²) in [6.45, 7) is 3.09. The molecular weight excluding hydrogens is 236 g/mol. The molecule has 3 heteroatoms. The summed E-state index contributed by atoms with van der Waals surface area (Å²) in [6, 6.07) is 13.3. The van der Waals surface area contributed by atoms with E-state index in [1.165, 1.54) is 18.4 Å². The molecule has 0 saturated heterocycles. The molecule has 0 heterocycles. The molecule has 1 unspecified atom stereocenters. The Labute approximate surface area is 115 Å². The smallest absolute Gasteiger partial charge is 0.127 e. The normalized spacial score (nSPS) is 17.7. The summed E-state index contributed by atoms with van der Waals surface area (Å²) < 4.78 is 5.66. The zero-order valence-corrected chi connectivity index (χ0v) is 11.6. The van der Waals surface area contributed by atoms with Gasteiger partial charge < -0.3 is 4.74 Å². The van der Waals surface area contributed by atoms with Crippen LogP contribution in [0.25, 0.3) is 0 Å². The minimum Gasteiger partial charge on any atom is -0.378 e. The van der Waals surface area contributed by atoms with E-state index in [1.807, 2.05) is 13.0 Å². The van der Waals surface area contributed by atoms with E-state index in [-0.39, 0.29) is 0 Å². The zero-order valence-electron chi connectivity index (χ0n) is 11.6. The standard InChI is InChI=1S/C16H22N2O/c1-16(12-17,18-15-9-10-15)13-19-11-5-8-14-6-3-2-4-7-14/h2-4,6-7,15,18H,5,8-11,13H2,1H3. The minimum atomic E-state index is -0.534. The molecule has 3 nitrogen and oxygen atoms in total. The number of aryl methyl sites for hydroxylation is 1. The van der Waals surface area contributed by atoms with Gasteiger partial charge in [-0.3, -0.25) is 5.32 Å². The van der Waals surface area contributed by atoms with Crippen molar-refractivity contribution in [2.45, 2.75) is 44.2 Å². The molecule has 1 N–H and O–H groups in total. The highest BCUT2D eigenvalue weighted by molar-refractivity contribution is 5.14. The van der Waals surface area contributed by atoms with Crippen molar-refractivity contribution < 1.29 is 4.74 Å². The number of nitrogens with zero attached hydrogens (tertiary/aromatic N) is 1. The first kappa shape index (κ1) is 14.0. The first-order chi connectivity index (χ1) is 9.22. The Balaban J connectivity index is 1.61. The summed E-state index contributed by atoms with van der Waals surface area (Å²) >= 11 is 0. The van der Waals surface area contributed by atoms with Gasteiger partial charge >= 0.3 is 0 Å². The summed E-state index contributed by atoms with van der Waals surface area (Å²) in [5.74, 6) is 0. The van der Waals surface area contributed by atoms with Crippen molar-refractivity contribution in [3.8, 4) is 6.07 Å². The summed E-state index contributed by atoms with van der Waals surface area (Å²) in [7, 11) is 0. The van der Waals surface area contributed by atoms with Crippen molar-refractivity contribution >= 4 is 0 Å². The summed E-state index contributed by atoms with van der Waals surface area (Å²) in [5.41, 5.74) is 0.804. The molecule has 1 aromatic rings. The Kier molecular flexibility index (Phi) is 4.95. The highest BCUT2D eigenvalue weighted by Gasteiger charge is 2.32. The monoisotopic (exact) mass is 258 g/mol. The van der Waals surface area contributed by atoms with Crippen LogP contribution in [0.5, 0.6) is 0 Å². The Morgan fingerprint density at radius 2 is 2.11 bits per heavy atom. The second-order valence-electron chi connectivity index (χ2n) is 5.50. The van der Waals surface area contributed by atoms with Crippen LogP contribution in [0.1, 0.15) is 31.7 Å². The molecule has 1 aliphatic rings. The Hall–Kier alpha value is -1.37. The van der Waals surface area contributed by atoms with Crippen LogP contribution in [0.15, 0.2) is 30.3 Å². The van der Waals surface area contributed by atoms with Crippen molar-refractivity contribution in [1.29, 1.82) is 5.26 Å². The first-order valence-corrected chi connectivity index (χ1v) is 7.02. The van der Waals surface area contributed by atoms with Gasteiger partial charge in [-0.15, -0.1) is 0 Å². The van der Waals surface area contributed by atoms with E-state index in [0.717, 1.165) is 12.8 Å².